The first-order chi connectivity index (χ1) is 8.39. The van der Waals surface area contributed by atoms with Crippen LogP contribution in [-0.4, -0.2) is 58.9 Å². The number of carbonyl (C=O) groups is 1. The van der Waals surface area contributed by atoms with Gasteiger partial charge in [0.25, 0.3) is 10.1 Å². The van der Waals surface area contributed by atoms with Gasteiger partial charge in [-0.05, 0) is 6.42 Å². The summed E-state index contributed by atoms with van der Waals surface area (Å²) < 4.78 is 30.3. The van der Waals surface area contributed by atoms with E-state index in [0.717, 1.165) is 19.3 Å². The Morgan fingerprint density at radius 1 is 1.00 bits per heavy atom. The van der Waals surface area contributed by atoms with Gasteiger partial charge in [-0.25, -0.2) is 0 Å². The zero-order valence-electron chi connectivity index (χ0n) is 11.0. The quantitative estimate of drug-likeness (QED) is 0.347. The first kappa shape index (κ1) is 21.7. The van der Waals surface area contributed by atoms with Gasteiger partial charge in [0.15, 0.2) is 5.25 Å². The Morgan fingerprint density at radius 2 is 1.42 bits per heavy atom. The van der Waals surface area contributed by atoms with E-state index in [1.165, 1.54) is 25.7 Å². The molecular weight excluding hydrogens is 279 g/mol. The third kappa shape index (κ3) is 11.9. The van der Waals surface area contributed by atoms with Gasteiger partial charge >= 0.3 is 35.5 Å². The molecule has 0 bridgehead atoms. The molecule has 0 amide bonds. The van der Waals surface area contributed by atoms with Crippen LogP contribution >= 0.6 is 0 Å². The summed E-state index contributed by atoms with van der Waals surface area (Å²) >= 11 is 0. The second-order valence-corrected chi connectivity index (χ2v) is 6.20. The Labute approximate surface area is 138 Å². The number of rotatable bonds is 11. The van der Waals surface area contributed by atoms with Gasteiger partial charge in [0.1, 0.15) is 0 Å². The van der Waals surface area contributed by atoms with Gasteiger partial charge in [0.05, 0.1) is 0 Å². The molecule has 0 aliphatic carbocycles. The summed E-state index contributed by atoms with van der Waals surface area (Å²) in [5.74, 6) is -1.47. The number of aliphatic carboxylic acids is 1. The molecule has 0 rings (SSSR count). The van der Waals surface area contributed by atoms with Crippen LogP contribution in [0.15, 0.2) is 0 Å². The molecule has 0 saturated carbocycles. The molecule has 0 fully saturated rings. The minimum atomic E-state index is -4.47. The van der Waals surface area contributed by atoms with Crippen molar-refractivity contribution in [1.29, 1.82) is 0 Å². The topological polar surface area (TPSA) is 91.7 Å². The SMILES string of the molecule is CCCCCCCCCCC(C(=O)O)S(=O)(=O)O.[NaH]. The molecule has 0 aliphatic rings. The second kappa shape index (κ2) is 12.1. The van der Waals surface area contributed by atoms with Crippen molar-refractivity contribution >= 4 is 45.6 Å². The van der Waals surface area contributed by atoms with Crippen LogP contribution in [0, 0.1) is 0 Å². The molecule has 0 aromatic rings. The van der Waals surface area contributed by atoms with Crippen LogP contribution in [0.2, 0.25) is 0 Å². The van der Waals surface area contributed by atoms with Gasteiger partial charge in [-0.15, -0.1) is 0 Å². The van der Waals surface area contributed by atoms with Crippen LogP contribution in [0.4, 0.5) is 0 Å². The first-order valence-electron chi connectivity index (χ1n) is 6.58. The molecule has 0 aromatic heterocycles. The molecule has 7 heteroatoms. The molecule has 0 heterocycles. The van der Waals surface area contributed by atoms with Gasteiger partial charge in [-0.1, -0.05) is 58.3 Å². The number of carboxylic acid groups (broad SMARTS) is 1. The summed E-state index contributed by atoms with van der Waals surface area (Å²) in [5, 5.41) is 7.00. The van der Waals surface area contributed by atoms with Crippen LogP contribution < -0.4 is 0 Å². The zero-order valence-corrected chi connectivity index (χ0v) is 11.8. The minimum absolute atomic E-state index is 0. The monoisotopic (exact) mass is 304 g/mol. The van der Waals surface area contributed by atoms with Crippen LogP contribution in [0.5, 0.6) is 0 Å². The number of carboxylic acids is 1. The number of unbranched alkanes of at least 4 members (excludes halogenated alkanes) is 7. The van der Waals surface area contributed by atoms with E-state index >= 15 is 0 Å². The van der Waals surface area contributed by atoms with Crippen LogP contribution in [-0.2, 0) is 14.9 Å². The van der Waals surface area contributed by atoms with E-state index in [9.17, 15) is 13.2 Å². The van der Waals surface area contributed by atoms with Crippen molar-refractivity contribution in [2.45, 2.75) is 70.0 Å². The van der Waals surface area contributed by atoms with Gasteiger partial charge in [0.2, 0.25) is 0 Å². The van der Waals surface area contributed by atoms with Crippen molar-refractivity contribution in [2.75, 3.05) is 0 Å². The van der Waals surface area contributed by atoms with Crippen LogP contribution in [0.3, 0.4) is 0 Å². The molecule has 110 valence electrons. The molecule has 0 radical (unpaired) electrons. The molecule has 1 unspecified atom stereocenters. The summed E-state index contributed by atoms with van der Waals surface area (Å²) in [6.45, 7) is 2.15. The van der Waals surface area contributed by atoms with E-state index in [1.807, 2.05) is 0 Å². The van der Waals surface area contributed by atoms with Gasteiger partial charge in [-0.2, -0.15) is 8.42 Å². The second-order valence-electron chi connectivity index (χ2n) is 4.61. The Hall–Kier alpha value is 0.380. The fourth-order valence-electron chi connectivity index (χ4n) is 1.86. The van der Waals surface area contributed by atoms with E-state index in [4.69, 9.17) is 9.66 Å². The maximum atomic E-state index is 10.8. The van der Waals surface area contributed by atoms with Gasteiger partial charge in [0, 0.05) is 0 Å². The van der Waals surface area contributed by atoms with Crippen molar-refractivity contribution in [3.05, 3.63) is 0 Å². The molecule has 5 nitrogen and oxygen atoms in total. The molecule has 0 spiro atoms. The first-order valence-corrected chi connectivity index (χ1v) is 8.09. The number of hydrogen-bond donors (Lipinski definition) is 2. The maximum absolute atomic E-state index is 10.8. The molecular formula is C12H25NaO5S. The van der Waals surface area contributed by atoms with Gasteiger partial charge in [-0.3, -0.25) is 9.35 Å². The summed E-state index contributed by atoms with van der Waals surface area (Å²) in [6.07, 6.45) is 8.25. The van der Waals surface area contributed by atoms with Crippen molar-refractivity contribution in [3.63, 3.8) is 0 Å². The normalized spacial score (nSPS) is 12.7. The molecule has 2 N–H and O–H groups in total. The average Bonchev–Trinajstić information content (AvgIpc) is 2.24. The Bertz CT molecular complexity index is 329. The van der Waals surface area contributed by atoms with Crippen molar-refractivity contribution in [2.24, 2.45) is 0 Å². The number of hydrogen-bond acceptors (Lipinski definition) is 3. The van der Waals surface area contributed by atoms with Crippen LogP contribution in [0.25, 0.3) is 0 Å². The summed E-state index contributed by atoms with van der Waals surface area (Å²) in [6, 6.07) is 0. The fourth-order valence-corrected chi connectivity index (χ4v) is 2.58. The van der Waals surface area contributed by atoms with Crippen molar-refractivity contribution < 1.29 is 22.9 Å². The third-order valence-electron chi connectivity index (χ3n) is 2.95. The predicted molar refractivity (Wildman–Crippen MR) is 77.3 cm³/mol. The predicted octanol–water partition coefficient (Wildman–Crippen LogP) is 2.21. The molecule has 0 aliphatic heterocycles. The van der Waals surface area contributed by atoms with E-state index in [0.29, 0.717) is 6.42 Å². The van der Waals surface area contributed by atoms with E-state index in [-0.39, 0.29) is 36.0 Å². The summed E-state index contributed by atoms with van der Waals surface area (Å²) in [5.41, 5.74) is 0. The van der Waals surface area contributed by atoms with E-state index in [2.05, 4.69) is 6.92 Å². The Kier molecular flexibility index (Phi) is 13.9. The van der Waals surface area contributed by atoms with Crippen molar-refractivity contribution in [3.8, 4) is 0 Å². The van der Waals surface area contributed by atoms with Crippen molar-refractivity contribution in [1.82, 2.24) is 0 Å². The third-order valence-corrected chi connectivity index (χ3v) is 4.11. The Balaban J connectivity index is 0. The summed E-state index contributed by atoms with van der Waals surface area (Å²) in [7, 11) is -4.47. The summed E-state index contributed by atoms with van der Waals surface area (Å²) in [4.78, 5) is 10.6. The fraction of sp³-hybridized carbons (Fsp3) is 0.917. The Morgan fingerprint density at radius 3 is 1.79 bits per heavy atom. The van der Waals surface area contributed by atoms with E-state index < -0.39 is 21.3 Å². The molecule has 0 aromatic carbocycles. The zero-order chi connectivity index (χ0) is 14.0. The average molecular weight is 304 g/mol. The standard InChI is InChI=1S/C12H24O5S.Na.H/c1-2-3-4-5-6-7-8-9-10-11(12(13)14)18(15,16)17;;/h11H,2-10H2,1H3,(H,13,14)(H,15,16,17);;. The molecule has 0 saturated heterocycles. The molecule has 1 atom stereocenters. The van der Waals surface area contributed by atoms with E-state index in [1.54, 1.807) is 0 Å². The van der Waals surface area contributed by atoms with Gasteiger partial charge < -0.3 is 5.11 Å². The van der Waals surface area contributed by atoms with Crippen LogP contribution in [0.1, 0.15) is 64.7 Å². The molecule has 19 heavy (non-hydrogen) atoms.